The quantitative estimate of drug-likeness (QED) is 0.536. The van der Waals surface area contributed by atoms with Crippen LogP contribution in [0.1, 0.15) is 0 Å². The summed E-state index contributed by atoms with van der Waals surface area (Å²) in [7, 11) is 0. The summed E-state index contributed by atoms with van der Waals surface area (Å²) in [4.78, 5) is 0. The van der Waals surface area contributed by atoms with Crippen LogP contribution in [0.15, 0.2) is 15.0 Å². The minimum atomic E-state index is -5.02. The third kappa shape index (κ3) is 3.04. The maximum absolute atomic E-state index is 12.8. The van der Waals surface area contributed by atoms with E-state index in [0.29, 0.717) is 6.07 Å². The molecular weight excluding hydrogens is 355 g/mol. The van der Waals surface area contributed by atoms with Gasteiger partial charge in [-0.15, -0.1) is 13.2 Å². The second-order valence-corrected chi connectivity index (χ2v) is 3.93. The first-order chi connectivity index (χ1) is 6.72. The number of ether oxygens (including phenoxy) is 1. The Balaban J connectivity index is 3.27. The molecule has 0 aliphatic heterocycles. The monoisotopic (exact) mass is 354 g/mol. The third-order valence-corrected chi connectivity index (χ3v) is 2.77. The molecule has 1 nitrogen and oxygen atoms in total. The predicted octanol–water partition coefficient (Wildman–Crippen LogP) is 4.39. The molecule has 0 heterocycles. The van der Waals surface area contributed by atoms with Crippen molar-refractivity contribution >= 4 is 31.9 Å². The first-order valence-electron chi connectivity index (χ1n) is 3.31. The highest BCUT2D eigenvalue weighted by Crippen LogP contribution is 2.40. The lowest BCUT2D eigenvalue weighted by atomic mass is 10.3. The van der Waals surface area contributed by atoms with Gasteiger partial charge in [-0.25, -0.2) is 8.78 Å². The Bertz CT molecular complexity index is 364. The van der Waals surface area contributed by atoms with Crippen molar-refractivity contribution in [1.82, 2.24) is 0 Å². The van der Waals surface area contributed by atoms with Gasteiger partial charge in [0.15, 0.2) is 5.75 Å². The van der Waals surface area contributed by atoms with Crippen molar-refractivity contribution in [2.24, 2.45) is 0 Å². The minimum absolute atomic E-state index is 0.428. The highest BCUT2D eigenvalue weighted by molar-refractivity contribution is 9.11. The molecule has 0 unspecified atom stereocenters. The van der Waals surface area contributed by atoms with Gasteiger partial charge < -0.3 is 4.74 Å². The molecule has 84 valence electrons. The van der Waals surface area contributed by atoms with Crippen LogP contribution in [0.4, 0.5) is 22.0 Å². The molecule has 1 aromatic carbocycles. The lowest BCUT2D eigenvalue weighted by molar-refractivity contribution is -0.275. The molecule has 0 aromatic heterocycles. The number of rotatable bonds is 1. The largest absolute Gasteiger partial charge is 0.573 e. The standard InChI is InChI=1S/C7HBr2F5O/c8-4-2(10)1-3(11)5(9)6(4)15-7(12,13)14/h1H. The van der Waals surface area contributed by atoms with E-state index in [4.69, 9.17) is 0 Å². The second kappa shape index (κ2) is 4.25. The van der Waals surface area contributed by atoms with Gasteiger partial charge in [-0.05, 0) is 31.9 Å². The van der Waals surface area contributed by atoms with Gasteiger partial charge in [-0.1, -0.05) is 0 Å². The normalized spacial score (nSPS) is 11.7. The zero-order valence-corrected chi connectivity index (χ0v) is 9.80. The summed E-state index contributed by atoms with van der Waals surface area (Å²) in [5.41, 5.74) is 0. The SMILES string of the molecule is Fc1cc(F)c(Br)c(OC(F)(F)F)c1Br. The molecule has 0 saturated heterocycles. The van der Waals surface area contributed by atoms with Gasteiger partial charge in [0.1, 0.15) is 11.6 Å². The van der Waals surface area contributed by atoms with Crippen molar-refractivity contribution in [2.75, 3.05) is 0 Å². The van der Waals surface area contributed by atoms with E-state index in [0.717, 1.165) is 0 Å². The molecule has 8 heteroatoms. The summed E-state index contributed by atoms with van der Waals surface area (Å²) < 4.78 is 63.5. The van der Waals surface area contributed by atoms with Crippen LogP contribution in [0.3, 0.4) is 0 Å². The molecule has 0 bridgehead atoms. The molecule has 0 atom stereocenters. The van der Waals surface area contributed by atoms with E-state index >= 15 is 0 Å². The fraction of sp³-hybridized carbons (Fsp3) is 0.143. The molecule has 0 aliphatic carbocycles. The van der Waals surface area contributed by atoms with E-state index in [1.807, 2.05) is 0 Å². The average molecular weight is 356 g/mol. The van der Waals surface area contributed by atoms with E-state index < -0.39 is 32.7 Å². The van der Waals surface area contributed by atoms with E-state index in [-0.39, 0.29) is 0 Å². The molecular formula is C7HBr2F5O. The lowest BCUT2D eigenvalue weighted by Crippen LogP contribution is -2.18. The van der Waals surface area contributed by atoms with Crippen molar-refractivity contribution < 1.29 is 26.7 Å². The van der Waals surface area contributed by atoms with Crippen LogP contribution in [0.25, 0.3) is 0 Å². The van der Waals surface area contributed by atoms with E-state index in [1.165, 1.54) is 0 Å². The highest BCUT2D eigenvalue weighted by atomic mass is 79.9. The molecule has 15 heavy (non-hydrogen) atoms. The van der Waals surface area contributed by atoms with Crippen molar-refractivity contribution in [3.63, 3.8) is 0 Å². The van der Waals surface area contributed by atoms with Gasteiger partial charge >= 0.3 is 6.36 Å². The molecule has 0 aliphatic rings. The molecule has 0 radical (unpaired) electrons. The van der Waals surface area contributed by atoms with Gasteiger partial charge in [0.25, 0.3) is 0 Å². The smallest absolute Gasteiger partial charge is 0.403 e. The zero-order chi connectivity index (χ0) is 11.8. The van der Waals surface area contributed by atoms with E-state index in [1.54, 1.807) is 0 Å². The summed E-state index contributed by atoms with van der Waals surface area (Å²) in [6.45, 7) is 0. The average Bonchev–Trinajstić information content (AvgIpc) is 2.08. The maximum Gasteiger partial charge on any atom is 0.573 e. The van der Waals surface area contributed by atoms with Crippen LogP contribution in [-0.4, -0.2) is 6.36 Å². The fourth-order valence-electron chi connectivity index (χ4n) is 0.757. The zero-order valence-electron chi connectivity index (χ0n) is 6.63. The Morgan fingerprint density at radius 3 is 1.73 bits per heavy atom. The van der Waals surface area contributed by atoms with Crippen LogP contribution in [0.2, 0.25) is 0 Å². The number of hydrogen-bond acceptors (Lipinski definition) is 1. The molecule has 1 rings (SSSR count). The Labute approximate surface area is 97.5 Å². The van der Waals surface area contributed by atoms with Gasteiger partial charge in [-0.2, -0.15) is 0 Å². The Morgan fingerprint density at radius 2 is 1.40 bits per heavy atom. The highest BCUT2D eigenvalue weighted by Gasteiger charge is 2.34. The Morgan fingerprint density at radius 1 is 1.00 bits per heavy atom. The molecule has 0 amide bonds. The summed E-state index contributed by atoms with van der Waals surface area (Å²) >= 11 is 5.04. The van der Waals surface area contributed by atoms with Gasteiger partial charge in [-0.3, -0.25) is 0 Å². The fourth-order valence-corrected chi connectivity index (χ4v) is 1.81. The summed E-state index contributed by atoms with van der Waals surface area (Å²) in [5.74, 6) is -3.36. The number of benzene rings is 1. The number of alkyl halides is 3. The van der Waals surface area contributed by atoms with Gasteiger partial charge in [0.05, 0.1) is 8.95 Å². The molecule has 0 saturated carbocycles. The van der Waals surface area contributed by atoms with Crippen molar-refractivity contribution in [1.29, 1.82) is 0 Å². The van der Waals surface area contributed by atoms with Crippen LogP contribution >= 0.6 is 31.9 Å². The summed E-state index contributed by atoms with van der Waals surface area (Å²) in [5, 5.41) is 0. The van der Waals surface area contributed by atoms with Crippen LogP contribution in [-0.2, 0) is 0 Å². The van der Waals surface area contributed by atoms with Gasteiger partial charge in [0, 0.05) is 6.07 Å². The number of halogens is 7. The maximum atomic E-state index is 12.8. The number of hydrogen-bond donors (Lipinski definition) is 0. The van der Waals surface area contributed by atoms with Crippen LogP contribution in [0.5, 0.6) is 5.75 Å². The summed E-state index contributed by atoms with van der Waals surface area (Å²) in [6.07, 6.45) is -5.02. The molecule has 1 aromatic rings. The van der Waals surface area contributed by atoms with E-state index in [2.05, 4.69) is 36.6 Å². The molecule has 0 N–H and O–H groups in total. The lowest BCUT2D eigenvalue weighted by Gasteiger charge is -2.12. The molecule has 0 fully saturated rings. The first kappa shape index (κ1) is 12.7. The van der Waals surface area contributed by atoms with Crippen molar-refractivity contribution in [3.05, 3.63) is 26.6 Å². The molecule has 0 spiro atoms. The Kier molecular flexibility index (Phi) is 3.59. The predicted molar refractivity (Wildman–Crippen MR) is 48.4 cm³/mol. The van der Waals surface area contributed by atoms with Crippen LogP contribution in [0, 0.1) is 11.6 Å². The van der Waals surface area contributed by atoms with Crippen LogP contribution < -0.4 is 4.74 Å². The third-order valence-electron chi connectivity index (χ3n) is 1.29. The van der Waals surface area contributed by atoms with Crippen molar-refractivity contribution in [3.8, 4) is 5.75 Å². The topological polar surface area (TPSA) is 9.23 Å². The second-order valence-electron chi connectivity index (χ2n) is 2.35. The van der Waals surface area contributed by atoms with Gasteiger partial charge in [0.2, 0.25) is 0 Å². The Hall–Kier alpha value is -0.370. The van der Waals surface area contributed by atoms with E-state index in [9.17, 15) is 22.0 Å². The first-order valence-corrected chi connectivity index (χ1v) is 4.89. The van der Waals surface area contributed by atoms with Crippen molar-refractivity contribution in [2.45, 2.75) is 6.36 Å². The minimum Gasteiger partial charge on any atom is -0.403 e. The summed E-state index contributed by atoms with van der Waals surface area (Å²) in [6, 6.07) is 0.428.